The van der Waals surface area contributed by atoms with Crippen molar-refractivity contribution < 1.29 is 75.2 Å². The smallest absolute Gasteiger partial charge is 0.489 e. The summed E-state index contributed by atoms with van der Waals surface area (Å²) in [5, 5.41) is 2.01. The molecule has 0 saturated carbocycles. The van der Waals surface area contributed by atoms with Crippen molar-refractivity contribution in [2.45, 2.75) is 6.92 Å². The van der Waals surface area contributed by atoms with Crippen LogP contribution in [0.3, 0.4) is 0 Å². The van der Waals surface area contributed by atoms with Crippen molar-refractivity contribution in [2.24, 2.45) is 0 Å². The molecular weight excluding hydrogens is 217 g/mol. The summed E-state index contributed by atoms with van der Waals surface area (Å²) >= 11 is 0. The van der Waals surface area contributed by atoms with Crippen molar-refractivity contribution in [1.29, 1.82) is 0 Å². The van der Waals surface area contributed by atoms with E-state index in [-0.39, 0.29) is 51.4 Å². The van der Waals surface area contributed by atoms with E-state index in [1.54, 1.807) is 0 Å². The van der Waals surface area contributed by atoms with E-state index in [0.717, 1.165) is 21.1 Å². The molecule has 0 aliphatic carbocycles. The summed E-state index contributed by atoms with van der Waals surface area (Å²) in [5.41, 5.74) is 0. The van der Waals surface area contributed by atoms with Gasteiger partial charge in [-0.3, -0.25) is 14.4 Å². The third kappa shape index (κ3) is 5.61. The van der Waals surface area contributed by atoms with Crippen LogP contribution in [0.1, 0.15) is 6.92 Å². The number of methoxy groups -OCH3 is 2. The van der Waals surface area contributed by atoms with E-state index in [4.69, 9.17) is 0 Å². The standard InChI is InChI=1S/C7H10NO5.K/c1-4(9)8-5(6(10)12-2)7(11)13-3;/h1-3H3,(H,8,9);/q-1;+1. The number of ether oxygens (including phenoxy) is 2. The van der Waals surface area contributed by atoms with E-state index < -0.39 is 23.9 Å². The Hall–Kier alpha value is -0.0836. The summed E-state index contributed by atoms with van der Waals surface area (Å²) in [4.78, 5) is 32.3. The van der Waals surface area contributed by atoms with Gasteiger partial charge in [-0.25, -0.2) is 0 Å². The summed E-state index contributed by atoms with van der Waals surface area (Å²) in [6, 6.07) is -0.530. The quantitative estimate of drug-likeness (QED) is 0.230. The Labute approximate surface area is 124 Å². The van der Waals surface area contributed by atoms with Gasteiger partial charge >= 0.3 is 51.4 Å². The first-order chi connectivity index (χ1) is 6.02. The van der Waals surface area contributed by atoms with Crippen LogP contribution in [-0.2, 0) is 23.9 Å². The zero-order chi connectivity index (χ0) is 10.4. The summed E-state index contributed by atoms with van der Waals surface area (Å²) in [6.07, 6.45) is 0. The minimum Gasteiger partial charge on any atom is -0.489 e. The SMILES string of the molecule is COC(=O)[C-](NC(C)=O)C(=O)OC.[K+]. The van der Waals surface area contributed by atoms with E-state index in [1.165, 1.54) is 0 Å². The average molecular weight is 227 g/mol. The van der Waals surface area contributed by atoms with Gasteiger partial charge in [0.15, 0.2) is 17.8 Å². The van der Waals surface area contributed by atoms with Crippen LogP contribution in [0.15, 0.2) is 0 Å². The molecule has 14 heavy (non-hydrogen) atoms. The van der Waals surface area contributed by atoms with Gasteiger partial charge in [0.1, 0.15) is 0 Å². The topological polar surface area (TPSA) is 81.7 Å². The number of nitrogens with one attached hydrogen (secondary N) is 1. The fraction of sp³-hybridized carbons (Fsp3) is 0.429. The Bertz CT molecular complexity index is 214. The van der Waals surface area contributed by atoms with Crippen molar-refractivity contribution >= 4 is 17.8 Å². The molecule has 74 valence electrons. The molecular formula is C7H10KNO5. The molecule has 0 atom stereocenters. The van der Waals surface area contributed by atoms with Gasteiger partial charge in [-0.15, -0.1) is 0 Å². The molecule has 0 aromatic carbocycles. The molecule has 0 rings (SSSR count). The predicted octanol–water partition coefficient (Wildman–Crippen LogP) is -4.00. The molecule has 0 aromatic heterocycles. The number of hydrogen-bond acceptors (Lipinski definition) is 5. The average Bonchev–Trinajstić information content (AvgIpc) is 2.11. The van der Waals surface area contributed by atoms with Gasteiger partial charge in [-0.05, 0) is 0 Å². The number of rotatable bonds is 3. The van der Waals surface area contributed by atoms with Gasteiger partial charge in [-0.2, -0.15) is 0 Å². The molecule has 0 radical (unpaired) electrons. The number of esters is 2. The van der Waals surface area contributed by atoms with Gasteiger partial charge < -0.3 is 14.8 Å². The zero-order valence-corrected chi connectivity index (χ0v) is 11.7. The Morgan fingerprint density at radius 2 is 1.43 bits per heavy atom. The number of carbonyl (C=O) groups excluding carboxylic acids is 3. The molecule has 0 spiro atoms. The van der Waals surface area contributed by atoms with Crippen LogP contribution in [-0.4, -0.2) is 32.1 Å². The molecule has 0 fully saturated rings. The normalized spacial score (nSPS) is 7.93. The van der Waals surface area contributed by atoms with Crippen molar-refractivity contribution in [1.82, 2.24) is 5.32 Å². The summed E-state index contributed by atoms with van der Waals surface area (Å²) in [6.45, 7) is 1.16. The second-order valence-corrected chi connectivity index (χ2v) is 2.04. The van der Waals surface area contributed by atoms with E-state index in [9.17, 15) is 14.4 Å². The van der Waals surface area contributed by atoms with E-state index in [2.05, 4.69) is 9.47 Å². The second-order valence-electron chi connectivity index (χ2n) is 2.04. The molecule has 1 amide bonds. The van der Waals surface area contributed by atoms with E-state index in [0.29, 0.717) is 0 Å². The Morgan fingerprint density at radius 3 is 1.64 bits per heavy atom. The van der Waals surface area contributed by atoms with Crippen LogP contribution in [0, 0.1) is 6.04 Å². The van der Waals surface area contributed by atoms with Crippen LogP contribution in [0.4, 0.5) is 0 Å². The fourth-order valence-corrected chi connectivity index (χ4v) is 0.566. The minimum absolute atomic E-state index is 0. The predicted molar refractivity (Wildman–Crippen MR) is 41.1 cm³/mol. The molecule has 0 heterocycles. The maximum Gasteiger partial charge on any atom is 1.00 e. The van der Waals surface area contributed by atoms with Gasteiger partial charge in [-0.1, -0.05) is 6.04 Å². The van der Waals surface area contributed by atoms with Crippen LogP contribution in [0.5, 0.6) is 0 Å². The van der Waals surface area contributed by atoms with E-state index >= 15 is 0 Å². The first-order valence-electron chi connectivity index (χ1n) is 3.34. The molecule has 0 aliphatic rings. The van der Waals surface area contributed by atoms with Crippen LogP contribution in [0.2, 0.25) is 0 Å². The molecule has 1 N–H and O–H groups in total. The largest absolute Gasteiger partial charge is 1.00 e. The molecule has 0 unspecified atom stereocenters. The third-order valence-corrected chi connectivity index (χ3v) is 1.08. The third-order valence-electron chi connectivity index (χ3n) is 1.08. The molecule has 6 nitrogen and oxygen atoms in total. The molecule has 0 aliphatic heterocycles. The first kappa shape index (κ1) is 16.4. The maximum absolute atomic E-state index is 10.9. The van der Waals surface area contributed by atoms with Crippen LogP contribution >= 0.6 is 0 Å². The molecule has 0 aromatic rings. The molecule has 0 bridgehead atoms. The van der Waals surface area contributed by atoms with Gasteiger partial charge in [0, 0.05) is 6.92 Å². The minimum atomic E-state index is -0.943. The number of carbonyl (C=O) groups is 3. The van der Waals surface area contributed by atoms with Crippen molar-refractivity contribution in [3.8, 4) is 0 Å². The fourth-order valence-electron chi connectivity index (χ4n) is 0.566. The van der Waals surface area contributed by atoms with Gasteiger partial charge in [0.2, 0.25) is 0 Å². The summed E-state index contributed by atoms with van der Waals surface area (Å²) < 4.78 is 8.49. The summed E-state index contributed by atoms with van der Waals surface area (Å²) in [7, 11) is 2.18. The van der Waals surface area contributed by atoms with Gasteiger partial charge in [0.05, 0.1) is 14.2 Å². The van der Waals surface area contributed by atoms with Crippen molar-refractivity contribution in [3.63, 3.8) is 0 Å². The van der Waals surface area contributed by atoms with Crippen LogP contribution < -0.4 is 56.7 Å². The maximum atomic E-state index is 10.9. The second kappa shape index (κ2) is 8.24. The Balaban J connectivity index is 0. The first-order valence-corrected chi connectivity index (χ1v) is 3.34. The van der Waals surface area contributed by atoms with Crippen molar-refractivity contribution in [3.05, 3.63) is 6.04 Å². The molecule has 7 heteroatoms. The number of hydrogen-bond donors (Lipinski definition) is 1. The zero-order valence-electron chi connectivity index (χ0n) is 8.54. The van der Waals surface area contributed by atoms with Crippen LogP contribution in [0.25, 0.3) is 0 Å². The van der Waals surface area contributed by atoms with Gasteiger partial charge in [0.25, 0.3) is 0 Å². The summed E-state index contributed by atoms with van der Waals surface area (Å²) in [5.74, 6) is -2.44. The monoisotopic (exact) mass is 227 g/mol. The molecule has 0 saturated heterocycles. The number of amides is 1. The Morgan fingerprint density at radius 1 is 1.07 bits per heavy atom. The van der Waals surface area contributed by atoms with E-state index in [1.807, 2.05) is 5.32 Å². The van der Waals surface area contributed by atoms with Crippen molar-refractivity contribution in [2.75, 3.05) is 14.2 Å². The Kier molecular flexibility index (Phi) is 9.63.